The maximum Gasteiger partial charge on any atom is 0.234 e. The van der Waals surface area contributed by atoms with Gasteiger partial charge in [-0.05, 0) is 43.7 Å². The molecule has 0 saturated carbocycles. The Morgan fingerprint density at radius 2 is 2.00 bits per heavy atom. The van der Waals surface area contributed by atoms with Gasteiger partial charge in [0.15, 0.2) is 5.16 Å². The fourth-order valence-electron chi connectivity index (χ4n) is 2.53. The minimum absolute atomic E-state index is 0.146. The average molecular weight is 403 g/mol. The van der Waals surface area contributed by atoms with Crippen molar-refractivity contribution < 1.29 is 9.53 Å². The maximum atomic E-state index is 12.3. The molecule has 3 rings (SSSR count). The first kappa shape index (κ1) is 19.3. The second-order valence-corrected chi connectivity index (χ2v) is 7.19. The summed E-state index contributed by atoms with van der Waals surface area (Å²) >= 11 is 7.41. The van der Waals surface area contributed by atoms with Crippen molar-refractivity contribution in [1.82, 2.24) is 14.8 Å². The van der Waals surface area contributed by atoms with Crippen LogP contribution in [0.5, 0.6) is 5.75 Å². The molecule has 1 N–H and O–H groups in total. The van der Waals surface area contributed by atoms with E-state index in [4.69, 9.17) is 16.3 Å². The van der Waals surface area contributed by atoms with Crippen molar-refractivity contribution in [1.29, 1.82) is 0 Å². The zero-order valence-corrected chi connectivity index (χ0v) is 16.8. The van der Waals surface area contributed by atoms with Crippen molar-refractivity contribution in [3.8, 4) is 11.4 Å². The Kier molecular flexibility index (Phi) is 6.03. The highest BCUT2D eigenvalue weighted by Crippen LogP contribution is 2.28. The molecule has 0 aliphatic carbocycles. The Morgan fingerprint density at radius 3 is 2.74 bits per heavy atom. The van der Waals surface area contributed by atoms with E-state index in [1.54, 1.807) is 13.2 Å². The molecule has 6 nitrogen and oxygen atoms in total. The Labute approximate surface area is 166 Å². The van der Waals surface area contributed by atoms with Crippen LogP contribution in [0.25, 0.3) is 5.69 Å². The van der Waals surface area contributed by atoms with Gasteiger partial charge in [-0.2, -0.15) is 0 Å². The van der Waals surface area contributed by atoms with Crippen LogP contribution in [-0.4, -0.2) is 33.5 Å². The van der Waals surface area contributed by atoms with E-state index in [2.05, 4.69) is 15.5 Å². The van der Waals surface area contributed by atoms with E-state index >= 15 is 0 Å². The van der Waals surface area contributed by atoms with Crippen molar-refractivity contribution in [2.24, 2.45) is 0 Å². The number of aromatic nitrogens is 3. The number of anilines is 1. The molecule has 8 heteroatoms. The van der Waals surface area contributed by atoms with Gasteiger partial charge >= 0.3 is 0 Å². The van der Waals surface area contributed by atoms with Crippen molar-refractivity contribution in [3.05, 3.63) is 58.9 Å². The number of nitrogens with one attached hydrogen (secondary N) is 1. The number of para-hydroxylation sites is 2. The number of carbonyl (C=O) groups excluding carboxylic acids is 1. The van der Waals surface area contributed by atoms with Crippen molar-refractivity contribution in [3.63, 3.8) is 0 Å². The van der Waals surface area contributed by atoms with Crippen LogP contribution in [0.4, 0.5) is 5.69 Å². The Balaban J connectivity index is 1.73. The maximum absolute atomic E-state index is 12.3. The van der Waals surface area contributed by atoms with Gasteiger partial charge in [0.05, 0.1) is 18.6 Å². The predicted molar refractivity (Wildman–Crippen MR) is 108 cm³/mol. The lowest BCUT2D eigenvalue weighted by Gasteiger charge is -2.12. The molecule has 27 heavy (non-hydrogen) atoms. The Hall–Kier alpha value is -2.51. The van der Waals surface area contributed by atoms with Gasteiger partial charge in [0.1, 0.15) is 11.6 Å². The van der Waals surface area contributed by atoms with Gasteiger partial charge in [0, 0.05) is 10.7 Å². The van der Waals surface area contributed by atoms with Gasteiger partial charge in [0.2, 0.25) is 5.91 Å². The molecule has 0 aliphatic rings. The number of hydrogen-bond donors (Lipinski definition) is 1. The van der Waals surface area contributed by atoms with Crippen LogP contribution in [0.1, 0.15) is 11.4 Å². The van der Waals surface area contributed by atoms with Crippen LogP contribution in [0.3, 0.4) is 0 Å². The lowest BCUT2D eigenvalue weighted by atomic mass is 10.2. The topological polar surface area (TPSA) is 69.0 Å². The molecule has 1 amide bonds. The predicted octanol–water partition coefficient (Wildman–Crippen LogP) is 4.28. The molecule has 140 valence electrons. The second kappa shape index (κ2) is 8.45. The summed E-state index contributed by atoms with van der Waals surface area (Å²) in [5, 5.41) is 12.4. The smallest absolute Gasteiger partial charge is 0.234 e. The molecular weight excluding hydrogens is 384 g/mol. The number of aryl methyl sites for hydroxylation is 2. The van der Waals surface area contributed by atoms with Crippen molar-refractivity contribution in [2.75, 3.05) is 18.2 Å². The zero-order chi connectivity index (χ0) is 19.4. The zero-order valence-electron chi connectivity index (χ0n) is 15.2. The second-order valence-electron chi connectivity index (χ2n) is 5.84. The van der Waals surface area contributed by atoms with E-state index in [-0.39, 0.29) is 11.7 Å². The van der Waals surface area contributed by atoms with Crippen molar-refractivity contribution >= 4 is 35.0 Å². The molecule has 1 aromatic heterocycles. The molecular formula is C19H19ClN4O2S. The number of ether oxygens (including phenoxy) is 1. The van der Waals surface area contributed by atoms with E-state index < -0.39 is 0 Å². The lowest BCUT2D eigenvalue weighted by Crippen LogP contribution is -2.14. The quantitative estimate of drug-likeness (QED) is 0.623. The van der Waals surface area contributed by atoms with Crippen LogP contribution >= 0.6 is 23.4 Å². The van der Waals surface area contributed by atoms with Crippen molar-refractivity contribution in [2.45, 2.75) is 19.0 Å². The summed E-state index contributed by atoms with van der Waals surface area (Å²) in [6.45, 7) is 3.77. The molecule has 0 radical (unpaired) electrons. The first-order chi connectivity index (χ1) is 13.0. The first-order valence-corrected chi connectivity index (χ1v) is 9.60. The number of carbonyl (C=O) groups is 1. The fraction of sp³-hybridized carbons (Fsp3) is 0.211. The lowest BCUT2D eigenvalue weighted by molar-refractivity contribution is -0.113. The summed E-state index contributed by atoms with van der Waals surface area (Å²) in [4.78, 5) is 12.3. The number of rotatable bonds is 6. The fourth-order valence-corrected chi connectivity index (χ4v) is 3.50. The third-order valence-electron chi connectivity index (χ3n) is 3.91. The Morgan fingerprint density at radius 1 is 1.22 bits per heavy atom. The molecule has 2 aromatic carbocycles. The molecule has 3 aromatic rings. The molecule has 0 aliphatic heterocycles. The van der Waals surface area contributed by atoms with Crippen LogP contribution in [0.15, 0.2) is 47.6 Å². The van der Waals surface area contributed by atoms with Crippen LogP contribution in [0, 0.1) is 13.8 Å². The molecule has 0 atom stereocenters. The van der Waals surface area contributed by atoms with E-state index in [1.807, 2.05) is 54.8 Å². The summed E-state index contributed by atoms with van der Waals surface area (Å²) in [5.41, 5.74) is 2.46. The van der Waals surface area contributed by atoms with E-state index in [0.29, 0.717) is 27.4 Å². The first-order valence-electron chi connectivity index (χ1n) is 8.24. The standard InChI is InChI=1S/C19H19ClN4O2S/c1-12-8-9-14(10-15(12)20)21-18(25)11-27-19-23-22-13(2)24(19)16-6-4-5-7-17(16)26-3/h4-10H,11H2,1-3H3,(H,21,25). The largest absolute Gasteiger partial charge is 0.495 e. The van der Waals surface area contributed by atoms with E-state index in [1.165, 1.54) is 11.8 Å². The number of methoxy groups -OCH3 is 1. The SMILES string of the molecule is COc1ccccc1-n1c(C)nnc1SCC(=O)Nc1ccc(C)c(Cl)c1. The number of hydrogen-bond acceptors (Lipinski definition) is 5. The van der Waals surface area contributed by atoms with Gasteiger partial charge < -0.3 is 10.1 Å². The van der Waals surface area contributed by atoms with Gasteiger partial charge in [-0.15, -0.1) is 10.2 Å². The van der Waals surface area contributed by atoms with Crippen LogP contribution in [-0.2, 0) is 4.79 Å². The number of benzene rings is 2. The highest BCUT2D eigenvalue weighted by atomic mass is 35.5. The van der Waals surface area contributed by atoms with Crippen LogP contribution in [0.2, 0.25) is 5.02 Å². The van der Waals surface area contributed by atoms with Gasteiger partial charge in [-0.3, -0.25) is 9.36 Å². The van der Waals surface area contributed by atoms with Crippen LogP contribution < -0.4 is 10.1 Å². The molecule has 1 heterocycles. The number of nitrogens with zero attached hydrogens (tertiary/aromatic N) is 3. The summed E-state index contributed by atoms with van der Waals surface area (Å²) in [5.74, 6) is 1.47. The molecule has 0 saturated heterocycles. The summed E-state index contributed by atoms with van der Waals surface area (Å²) < 4.78 is 7.30. The normalized spacial score (nSPS) is 10.7. The molecule has 0 fully saturated rings. The van der Waals surface area contributed by atoms with E-state index in [0.717, 1.165) is 11.3 Å². The third kappa shape index (κ3) is 4.43. The average Bonchev–Trinajstić information content (AvgIpc) is 3.03. The van der Waals surface area contributed by atoms with Gasteiger partial charge in [-0.1, -0.05) is 41.6 Å². The number of thioether (sulfide) groups is 1. The summed E-state index contributed by atoms with van der Waals surface area (Å²) in [6.07, 6.45) is 0. The van der Waals surface area contributed by atoms with Gasteiger partial charge in [0.25, 0.3) is 0 Å². The van der Waals surface area contributed by atoms with Gasteiger partial charge in [-0.25, -0.2) is 0 Å². The molecule has 0 spiro atoms. The Bertz CT molecular complexity index is 974. The highest BCUT2D eigenvalue weighted by Gasteiger charge is 2.16. The molecule has 0 unspecified atom stereocenters. The monoisotopic (exact) mass is 402 g/mol. The summed E-state index contributed by atoms with van der Waals surface area (Å²) in [6, 6.07) is 13.0. The molecule has 0 bridgehead atoms. The van der Waals surface area contributed by atoms with E-state index in [9.17, 15) is 4.79 Å². The highest BCUT2D eigenvalue weighted by molar-refractivity contribution is 7.99. The number of halogens is 1. The minimum atomic E-state index is -0.146. The third-order valence-corrected chi connectivity index (χ3v) is 5.25. The number of amides is 1. The summed E-state index contributed by atoms with van der Waals surface area (Å²) in [7, 11) is 1.62. The minimum Gasteiger partial charge on any atom is -0.495 e.